The molecule has 2 aromatic rings. The lowest BCUT2D eigenvalue weighted by molar-refractivity contribution is -0.0272. The maximum atomic E-state index is 12.1. The number of ether oxygens (including phenoxy) is 1. The maximum Gasteiger partial charge on any atom is 0.273 e. The number of carbonyl (C=O) groups is 1. The number of aromatic amines is 1. The van der Waals surface area contributed by atoms with E-state index >= 15 is 0 Å². The topological polar surface area (TPSA) is 93.0 Å². The molecule has 21 heavy (non-hydrogen) atoms. The van der Waals surface area contributed by atoms with Gasteiger partial charge in [0, 0.05) is 30.8 Å². The second kappa shape index (κ2) is 6.09. The number of aromatic nitrogens is 3. The molecule has 0 aromatic carbocycles. The number of carbonyl (C=O) groups excluding carboxylic acids is 1. The summed E-state index contributed by atoms with van der Waals surface area (Å²) in [7, 11) is 0. The van der Waals surface area contributed by atoms with Gasteiger partial charge in [-0.05, 0) is 19.8 Å². The van der Waals surface area contributed by atoms with Gasteiger partial charge in [0.15, 0.2) is 12.1 Å². The molecule has 0 unspecified atom stereocenters. The van der Waals surface area contributed by atoms with Crippen molar-refractivity contribution in [3.8, 4) is 0 Å². The normalized spacial score (nSPS) is 22.1. The number of nitrogens with zero attached hydrogens (tertiary/aromatic N) is 2. The summed E-state index contributed by atoms with van der Waals surface area (Å²) in [5.41, 5.74) is 1.36. The lowest BCUT2D eigenvalue weighted by Gasteiger charge is -2.31. The van der Waals surface area contributed by atoms with Crippen LogP contribution in [0.2, 0.25) is 0 Å². The minimum absolute atomic E-state index is 0.0313. The highest BCUT2D eigenvalue weighted by Gasteiger charge is 2.28. The van der Waals surface area contributed by atoms with Crippen LogP contribution in [0.5, 0.6) is 0 Å². The molecule has 1 aliphatic heterocycles. The minimum atomic E-state index is -0.210. The summed E-state index contributed by atoms with van der Waals surface area (Å²) in [5, 5.41) is 9.68. The van der Waals surface area contributed by atoms with Crippen LogP contribution in [0.15, 0.2) is 23.2 Å². The fourth-order valence-electron chi connectivity index (χ4n) is 2.67. The zero-order valence-electron chi connectivity index (χ0n) is 11.8. The van der Waals surface area contributed by atoms with Crippen molar-refractivity contribution in [1.82, 2.24) is 20.5 Å². The fourth-order valence-corrected chi connectivity index (χ4v) is 2.67. The molecule has 2 N–H and O–H groups in total. The van der Waals surface area contributed by atoms with Crippen LogP contribution in [-0.2, 0) is 4.74 Å². The van der Waals surface area contributed by atoms with E-state index in [-0.39, 0.29) is 17.9 Å². The van der Waals surface area contributed by atoms with E-state index in [1.807, 2.05) is 6.20 Å². The first-order valence-corrected chi connectivity index (χ1v) is 7.04. The van der Waals surface area contributed by atoms with Crippen LogP contribution in [0.1, 0.15) is 40.8 Å². The SMILES string of the molecule is Cc1ocnc1C(=O)NC[C@@H]1CCCO[C@H]1c1cn[nH]c1. The first-order valence-electron chi connectivity index (χ1n) is 7.04. The van der Waals surface area contributed by atoms with E-state index in [9.17, 15) is 4.79 Å². The van der Waals surface area contributed by atoms with E-state index < -0.39 is 0 Å². The van der Waals surface area contributed by atoms with E-state index in [1.165, 1.54) is 6.39 Å². The van der Waals surface area contributed by atoms with Gasteiger partial charge in [0.25, 0.3) is 5.91 Å². The van der Waals surface area contributed by atoms with Gasteiger partial charge in [-0.15, -0.1) is 0 Å². The van der Waals surface area contributed by atoms with Crippen LogP contribution in [0.4, 0.5) is 0 Å². The van der Waals surface area contributed by atoms with Gasteiger partial charge in [-0.3, -0.25) is 9.89 Å². The molecule has 0 aliphatic carbocycles. The Balaban J connectivity index is 1.63. The van der Waals surface area contributed by atoms with Crippen molar-refractivity contribution in [2.75, 3.05) is 13.2 Å². The summed E-state index contributed by atoms with van der Waals surface area (Å²) in [6, 6.07) is 0. The summed E-state index contributed by atoms with van der Waals surface area (Å²) < 4.78 is 10.9. The fraction of sp³-hybridized carbons (Fsp3) is 0.500. The number of H-pyrrole nitrogens is 1. The highest BCUT2D eigenvalue weighted by Crippen LogP contribution is 2.32. The Morgan fingerprint density at radius 3 is 3.19 bits per heavy atom. The number of hydrogen-bond donors (Lipinski definition) is 2. The summed E-state index contributed by atoms with van der Waals surface area (Å²) in [4.78, 5) is 16.0. The van der Waals surface area contributed by atoms with Gasteiger partial charge in [-0.25, -0.2) is 4.98 Å². The molecule has 7 heteroatoms. The average Bonchev–Trinajstić information content (AvgIpc) is 3.16. The third-order valence-electron chi connectivity index (χ3n) is 3.78. The van der Waals surface area contributed by atoms with Crippen molar-refractivity contribution in [3.63, 3.8) is 0 Å². The first-order chi connectivity index (χ1) is 10.3. The maximum absolute atomic E-state index is 12.1. The molecule has 3 rings (SSSR count). The van der Waals surface area contributed by atoms with Crippen molar-refractivity contribution in [3.05, 3.63) is 35.8 Å². The Kier molecular flexibility index (Phi) is 4.01. The van der Waals surface area contributed by atoms with Crippen molar-refractivity contribution < 1.29 is 13.9 Å². The second-order valence-corrected chi connectivity index (χ2v) is 5.19. The number of nitrogens with one attached hydrogen (secondary N) is 2. The molecule has 112 valence electrons. The standard InChI is InChI=1S/C14H18N4O3/c1-9-12(16-8-21-9)14(19)15-5-10-3-2-4-20-13(10)11-6-17-18-7-11/h6-8,10,13H,2-5H2,1H3,(H,15,19)(H,17,18)/t10-,13+/m0/s1. The number of hydrogen-bond acceptors (Lipinski definition) is 5. The molecular formula is C14H18N4O3. The van der Waals surface area contributed by atoms with E-state index in [0.29, 0.717) is 18.0 Å². The lowest BCUT2D eigenvalue weighted by atomic mass is 9.91. The molecule has 1 saturated heterocycles. The summed E-state index contributed by atoms with van der Waals surface area (Å²) in [6.45, 7) is 3.00. The molecule has 0 radical (unpaired) electrons. The van der Waals surface area contributed by atoms with Gasteiger partial charge in [0.2, 0.25) is 0 Å². The third-order valence-corrected chi connectivity index (χ3v) is 3.78. The largest absolute Gasteiger partial charge is 0.448 e. The first kappa shape index (κ1) is 13.8. The van der Waals surface area contributed by atoms with Crippen molar-refractivity contribution >= 4 is 5.91 Å². The Morgan fingerprint density at radius 1 is 1.57 bits per heavy atom. The van der Waals surface area contributed by atoms with Gasteiger partial charge >= 0.3 is 0 Å². The van der Waals surface area contributed by atoms with Crippen LogP contribution in [-0.4, -0.2) is 34.2 Å². The number of rotatable bonds is 4. The van der Waals surface area contributed by atoms with Crippen LogP contribution in [0, 0.1) is 12.8 Å². The Labute approximate surface area is 122 Å². The molecule has 0 bridgehead atoms. The quantitative estimate of drug-likeness (QED) is 0.892. The van der Waals surface area contributed by atoms with Crippen LogP contribution < -0.4 is 5.32 Å². The van der Waals surface area contributed by atoms with Gasteiger partial charge < -0.3 is 14.5 Å². The number of amides is 1. The van der Waals surface area contributed by atoms with Gasteiger partial charge in [0.1, 0.15) is 5.76 Å². The van der Waals surface area contributed by atoms with Gasteiger partial charge in [-0.1, -0.05) is 0 Å². The van der Waals surface area contributed by atoms with Gasteiger partial charge in [0.05, 0.1) is 12.3 Å². The molecular weight excluding hydrogens is 272 g/mol. The molecule has 2 atom stereocenters. The highest BCUT2D eigenvalue weighted by atomic mass is 16.5. The third kappa shape index (κ3) is 2.97. The van der Waals surface area contributed by atoms with Crippen LogP contribution >= 0.6 is 0 Å². The molecule has 2 aromatic heterocycles. The highest BCUT2D eigenvalue weighted by molar-refractivity contribution is 5.93. The number of aryl methyl sites for hydroxylation is 1. The predicted molar refractivity (Wildman–Crippen MR) is 73.6 cm³/mol. The van der Waals surface area contributed by atoms with E-state index in [0.717, 1.165) is 25.0 Å². The molecule has 3 heterocycles. The second-order valence-electron chi connectivity index (χ2n) is 5.19. The van der Waals surface area contributed by atoms with Crippen LogP contribution in [0.3, 0.4) is 0 Å². The smallest absolute Gasteiger partial charge is 0.273 e. The zero-order chi connectivity index (χ0) is 14.7. The molecule has 0 saturated carbocycles. The molecule has 1 aliphatic rings. The predicted octanol–water partition coefficient (Wildman–Crippen LogP) is 1.60. The van der Waals surface area contributed by atoms with E-state index in [2.05, 4.69) is 20.5 Å². The zero-order valence-corrected chi connectivity index (χ0v) is 11.8. The van der Waals surface area contributed by atoms with E-state index in [4.69, 9.17) is 9.15 Å². The Morgan fingerprint density at radius 2 is 2.48 bits per heavy atom. The summed E-state index contributed by atoms with van der Waals surface area (Å²) in [6.07, 6.45) is 6.86. The molecule has 1 amide bonds. The van der Waals surface area contributed by atoms with Crippen molar-refractivity contribution in [2.45, 2.75) is 25.9 Å². The van der Waals surface area contributed by atoms with Crippen molar-refractivity contribution in [1.29, 1.82) is 0 Å². The monoisotopic (exact) mass is 290 g/mol. The average molecular weight is 290 g/mol. The van der Waals surface area contributed by atoms with Gasteiger partial charge in [-0.2, -0.15) is 5.10 Å². The number of oxazole rings is 1. The summed E-state index contributed by atoms with van der Waals surface area (Å²) in [5.74, 6) is 0.545. The Bertz CT molecular complexity index is 593. The minimum Gasteiger partial charge on any atom is -0.448 e. The lowest BCUT2D eigenvalue weighted by Crippen LogP contribution is -2.35. The van der Waals surface area contributed by atoms with Crippen LogP contribution in [0.25, 0.3) is 0 Å². The molecule has 0 spiro atoms. The summed E-state index contributed by atoms with van der Waals surface area (Å²) >= 11 is 0. The van der Waals surface area contributed by atoms with E-state index in [1.54, 1.807) is 13.1 Å². The molecule has 7 nitrogen and oxygen atoms in total. The van der Waals surface area contributed by atoms with Crippen molar-refractivity contribution in [2.24, 2.45) is 5.92 Å². The molecule has 1 fully saturated rings. The Hall–Kier alpha value is -2.15.